The monoisotopic (exact) mass is 495 g/mol. The normalized spacial score (nSPS) is 13.1. The van der Waals surface area contributed by atoms with Crippen molar-refractivity contribution in [3.63, 3.8) is 0 Å². The zero-order chi connectivity index (χ0) is 23.7. The molecule has 174 valence electrons. The van der Waals surface area contributed by atoms with E-state index >= 15 is 0 Å². The standard InChI is InChI=1S/C24H22ClN5O3S/c1-33-30-22(31)18-14-29(23(32)20-13-16-3-2-10-26-21(16)34-20)12-9-19(18)28-24(30)27-11-8-15-4-6-17(25)7-5-15/h2-7,10,13H,8-9,11-12,14H2,1H3,(H,27,28). The lowest BCUT2D eigenvalue weighted by atomic mass is 10.1. The fraction of sp³-hybridized carbons (Fsp3) is 0.250. The Morgan fingerprint density at radius 1 is 1.26 bits per heavy atom. The number of benzene rings is 1. The van der Waals surface area contributed by atoms with Gasteiger partial charge in [0.2, 0.25) is 5.95 Å². The molecule has 4 aromatic rings. The number of thiophene rings is 1. The lowest BCUT2D eigenvalue weighted by Crippen LogP contribution is -2.42. The van der Waals surface area contributed by atoms with Gasteiger partial charge in [0.25, 0.3) is 11.5 Å². The number of hydrogen-bond acceptors (Lipinski definition) is 7. The molecule has 4 heterocycles. The second-order valence-corrected chi connectivity index (χ2v) is 9.40. The maximum Gasteiger partial charge on any atom is 0.293 e. The number of carbonyl (C=O) groups is 1. The van der Waals surface area contributed by atoms with Gasteiger partial charge in [-0.2, -0.15) is 0 Å². The fourth-order valence-corrected chi connectivity index (χ4v) is 5.11. The van der Waals surface area contributed by atoms with Crippen molar-refractivity contribution in [2.24, 2.45) is 0 Å². The summed E-state index contributed by atoms with van der Waals surface area (Å²) in [6.45, 7) is 1.25. The van der Waals surface area contributed by atoms with E-state index in [2.05, 4.69) is 15.3 Å². The van der Waals surface area contributed by atoms with E-state index in [1.165, 1.54) is 18.4 Å². The van der Waals surface area contributed by atoms with Crippen LogP contribution in [0.1, 0.15) is 26.5 Å². The minimum Gasteiger partial charge on any atom is -0.411 e. The Morgan fingerprint density at radius 2 is 2.09 bits per heavy atom. The van der Waals surface area contributed by atoms with Crippen LogP contribution in [-0.2, 0) is 19.4 Å². The Bertz CT molecular complexity index is 1380. The van der Waals surface area contributed by atoms with Crippen molar-refractivity contribution in [2.75, 3.05) is 25.5 Å². The summed E-state index contributed by atoms with van der Waals surface area (Å²) in [6.07, 6.45) is 2.94. The van der Waals surface area contributed by atoms with Crippen LogP contribution in [0.4, 0.5) is 5.95 Å². The van der Waals surface area contributed by atoms with E-state index in [1.54, 1.807) is 11.1 Å². The van der Waals surface area contributed by atoms with Crippen LogP contribution in [0.25, 0.3) is 10.2 Å². The van der Waals surface area contributed by atoms with Crippen molar-refractivity contribution < 1.29 is 9.63 Å². The van der Waals surface area contributed by atoms with Crippen molar-refractivity contribution in [3.05, 3.63) is 85.7 Å². The van der Waals surface area contributed by atoms with Crippen LogP contribution >= 0.6 is 22.9 Å². The molecule has 5 rings (SSSR count). The average molecular weight is 496 g/mol. The van der Waals surface area contributed by atoms with Crippen LogP contribution in [0.15, 0.2) is 53.5 Å². The number of rotatable bonds is 6. The summed E-state index contributed by atoms with van der Waals surface area (Å²) in [7, 11) is 1.43. The van der Waals surface area contributed by atoms with Crippen molar-refractivity contribution in [1.29, 1.82) is 0 Å². The van der Waals surface area contributed by atoms with Crippen LogP contribution in [-0.4, -0.2) is 45.7 Å². The van der Waals surface area contributed by atoms with E-state index in [0.717, 1.165) is 26.9 Å². The van der Waals surface area contributed by atoms with E-state index in [4.69, 9.17) is 16.4 Å². The Labute approximate surface area is 204 Å². The van der Waals surface area contributed by atoms with E-state index in [0.29, 0.717) is 46.6 Å². The number of halogens is 1. The molecule has 0 radical (unpaired) electrons. The smallest absolute Gasteiger partial charge is 0.293 e. The molecule has 3 aromatic heterocycles. The minimum absolute atomic E-state index is 0.109. The van der Waals surface area contributed by atoms with E-state index < -0.39 is 0 Å². The van der Waals surface area contributed by atoms with Gasteiger partial charge in [-0.05, 0) is 36.2 Å². The number of nitrogens with zero attached hydrogens (tertiary/aromatic N) is 4. The van der Waals surface area contributed by atoms with Crippen LogP contribution in [0.3, 0.4) is 0 Å². The summed E-state index contributed by atoms with van der Waals surface area (Å²) in [5.74, 6) is 0.248. The lowest BCUT2D eigenvalue weighted by Gasteiger charge is -2.28. The molecule has 0 fully saturated rings. The molecule has 0 aliphatic carbocycles. The predicted octanol–water partition coefficient (Wildman–Crippen LogP) is 3.42. The van der Waals surface area contributed by atoms with Gasteiger partial charge in [0.05, 0.1) is 22.7 Å². The molecule has 1 amide bonds. The van der Waals surface area contributed by atoms with E-state index in [9.17, 15) is 9.59 Å². The lowest BCUT2D eigenvalue weighted by molar-refractivity contribution is 0.0733. The molecule has 34 heavy (non-hydrogen) atoms. The Kier molecular flexibility index (Phi) is 6.21. The number of pyridine rings is 1. The van der Waals surface area contributed by atoms with E-state index in [1.807, 2.05) is 42.5 Å². The van der Waals surface area contributed by atoms with Gasteiger partial charge in [0, 0.05) is 36.1 Å². The van der Waals surface area contributed by atoms with Gasteiger partial charge in [0.15, 0.2) is 0 Å². The SMILES string of the molecule is COn1c(NCCc2ccc(Cl)cc2)nc2c(c1=O)CN(C(=O)c1cc3cccnc3s1)CC2. The number of nitrogens with one attached hydrogen (secondary N) is 1. The van der Waals surface area contributed by atoms with Gasteiger partial charge < -0.3 is 15.1 Å². The summed E-state index contributed by atoms with van der Waals surface area (Å²) in [5.41, 5.74) is 1.97. The Morgan fingerprint density at radius 3 is 2.85 bits per heavy atom. The molecule has 1 N–H and O–H groups in total. The first kappa shape index (κ1) is 22.4. The third-order valence-corrected chi connectivity index (χ3v) is 7.07. The third kappa shape index (κ3) is 4.36. The number of aromatic nitrogens is 3. The van der Waals surface area contributed by atoms with Gasteiger partial charge in [-0.1, -0.05) is 29.8 Å². The molecule has 0 saturated carbocycles. The zero-order valence-electron chi connectivity index (χ0n) is 18.5. The highest BCUT2D eigenvalue weighted by Crippen LogP contribution is 2.26. The molecule has 0 bridgehead atoms. The number of fused-ring (bicyclic) bond motifs is 2. The highest BCUT2D eigenvalue weighted by atomic mass is 35.5. The topological polar surface area (TPSA) is 89.4 Å². The first-order valence-corrected chi connectivity index (χ1v) is 12.0. The molecular weight excluding hydrogens is 474 g/mol. The number of carbonyl (C=O) groups excluding carboxylic acids is 1. The van der Waals surface area contributed by atoms with Crippen LogP contribution < -0.4 is 15.7 Å². The molecule has 0 atom stereocenters. The number of amides is 1. The summed E-state index contributed by atoms with van der Waals surface area (Å²) in [4.78, 5) is 43.7. The molecule has 0 saturated heterocycles. The largest absolute Gasteiger partial charge is 0.411 e. The summed E-state index contributed by atoms with van der Waals surface area (Å²) < 4.78 is 1.15. The molecule has 1 aromatic carbocycles. The molecular formula is C24H22ClN5O3S. The van der Waals surface area contributed by atoms with Crippen molar-refractivity contribution in [1.82, 2.24) is 19.6 Å². The van der Waals surface area contributed by atoms with Gasteiger partial charge in [-0.15, -0.1) is 16.1 Å². The van der Waals surface area contributed by atoms with Crippen LogP contribution in [0.2, 0.25) is 5.02 Å². The second-order valence-electron chi connectivity index (χ2n) is 7.93. The summed E-state index contributed by atoms with van der Waals surface area (Å²) in [5, 5.41) is 4.83. The number of hydrogen-bond donors (Lipinski definition) is 1. The second kappa shape index (κ2) is 9.44. The zero-order valence-corrected chi connectivity index (χ0v) is 20.0. The average Bonchev–Trinajstić information content (AvgIpc) is 3.29. The van der Waals surface area contributed by atoms with Crippen molar-refractivity contribution in [3.8, 4) is 0 Å². The molecule has 0 spiro atoms. The molecule has 10 heteroatoms. The Balaban J connectivity index is 1.33. The maximum absolute atomic E-state index is 13.2. The third-order valence-electron chi connectivity index (χ3n) is 5.78. The maximum atomic E-state index is 13.2. The van der Waals surface area contributed by atoms with Crippen molar-refractivity contribution in [2.45, 2.75) is 19.4 Å². The summed E-state index contributed by atoms with van der Waals surface area (Å²) in [6, 6.07) is 13.3. The fourth-order valence-electron chi connectivity index (χ4n) is 4.02. The summed E-state index contributed by atoms with van der Waals surface area (Å²) >= 11 is 7.30. The van der Waals surface area contributed by atoms with E-state index in [-0.39, 0.29) is 18.0 Å². The molecule has 0 unspecified atom stereocenters. The van der Waals surface area contributed by atoms with Gasteiger partial charge >= 0.3 is 0 Å². The van der Waals surface area contributed by atoms with Gasteiger partial charge in [-0.3, -0.25) is 9.59 Å². The molecule has 1 aliphatic heterocycles. The number of anilines is 1. The van der Waals surface area contributed by atoms with Crippen molar-refractivity contribution >= 4 is 45.0 Å². The van der Waals surface area contributed by atoms with Gasteiger partial charge in [0.1, 0.15) is 11.9 Å². The van der Waals surface area contributed by atoms with Crippen LogP contribution in [0.5, 0.6) is 0 Å². The first-order chi connectivity index (χ1) is 16.5. The van der Waals surface area contributed by atoms with Gasteiger partial charge in [-0.25, -0.2) is 9.97 Å². The quantitative estimate of drug-likeness (QED) is 0.441. The highest BCUT2D eigenvalue weighted by Gasteiger charge is 2.28. The molecule has 8 nitrogen and oxygen atoms in total. The molecule has 1 aliphatic rings. The minimum atomic E-state index is -0.308. The van der Waals surface area contributed by atoms with Crippen LogP contribution in [0, 0.1) is 0 Å². The first-order valence-electron chi connectivity index (χ1n) is 10.8. The highest BCUT2D eigenvalue weighted by molar-refractivity contribution is 7.20. The Hall–Kier alpha value is -3.43. The predicted molar refractivity (Wildman–Crippen MR) is 133 cm³/mol.